The fourth-order valence-corrected chi connectivity index (χ4v) is 1.66. The molecule has 0 aliphatic carbocycles. The van der Waals surface area contributed by atoms with Crippen LogP contribution in [0.15, 0.2) is 24.3 Å². The van der Waals surface area contributed by atoms with Gasteiger partial charge in [0.2, 0.25) is 0 Å². The molecule has 0 bridgehead atoms. The number of alkyl halides is 7. The highest BCUT2D eigenvalue weighted by Crippen LogP contribution is 2.51. The average Bonchev–Trinajstić information content (AvgIpc) is 2.36. The number of hydrogen-bond donors (Lipinski definition) is 0. The first-order valence-electron chi connectivity index (χ1n) is 5.91. The van der Waals surface area contributed by atoms with E-state index in [-0.39, 0.29) is 5.56 Å². The van der Waals surface area contributed by atoms with Crippen LogP contribution in [-0.4, -0.2) is 12.1 Å². The molecule has 0 saturated heterocycles. The third-order valence-electron chi connectivity index (χ3n) is 2.93. The first-order chi connectivity index (χ1) is 9.32. The topological polar surface area (TPSA) is 19.9 Å². The van der Waals surface area contributed by atoms with Crippen LogP contribution in [0.3, 0.4) is 0 Å². The lowest BCUT2D eigenvalue weighted by Crippen LogP contribution is -2.50. The van der Waals surface area contributed by atoms with Crippen molar-refractivity contribution in [2.24, 2.45) is 5.92 Å². The van der Waals surface area contributed by atoms with Crippen molar-refractivity contribution < 1.29 is 35.8 Å². The number of hydrogen-bond acceptors (Lipinski definition) is 0. The van der Waals surface area contributed by atoms with Crippen molar-refractivity contribution in [2.75, 3.05) is 0 Å². The van der Waals surface area contributed by atoms with E-state index in [1.54, 1.807) is 0 Å². The fraction of sp³-hybridized carbons (Fsp3) is 0.538. The summed E-state index contributed by atoms with van der Waals surface area (Å²) >= 11 is 0. The van der Waals surface area contributed by atoms with E-state index in [1.165, 1.54) is 13.8 Å². The van der Waals surface area contributed by atoms with Crippen LogP contribution in [0.4, 0.5) is 30.7 Å². The Hall–Kier alpha value is -1.31. The van der Waals surface area contributed by atoms with E-state index in [9.17, 15) is 35.8 Å². The Bertz CT molecular complexity index is 494. The molecule has 0 heterocycles. The monoisotopic (exact) mass is 317 g/mol. The molecule has 0 aliphatic heterocycles. The largest absolute Gasteiger partial charge is 0.460 e. The van der Waals surface area contributed by atoms with Crippen LogP contribution < -0.4 is 0 Å². The second-order valence-electron chi connectivity index (χ2n) is 4.94. The minimum Gasteiger partial charge on any atom is -0.228 e. The SMILES string of the molecule is CC(C)C([O])c1cccc(C(F)(F)C(F)(F)C(F)(F)F)c1. The van der Waals surface area contributed by atoms with Gasteiger partial charge in [0.15, 0.2) is 0 Å². The quantitative estimate of drug-likeness (QED) is 0.688. The van der Waals surface area contributed by atoms with Crippen molar-refractivity contribution in [3.63, 3.8) is 0 Å². The molecule has 1 rings (SSSR count). The van der Waals surface area contributed by atoms with Crippen molar-refractivity contribution in [3.8, 4) is 0 Å². The van der Waals surface area contributed by atoms with E-state index < -0.39 is 35.6 Å². The molecule has 0 fully saturated rings. The molecule has 8 heteroatoms. The van der Waals surface area contributed by atoms with Crippen molar-refractivity contribution in [2.45, 2.75) is 38.0 Å². The molecule has 0 saturated carbocycles. The lowest BCUT2D eigenvalue weighted by atomic mass is 9.94. The predicted octanol–water partition coefficient (Wildman–Crippen LogP) is 5.10. The van der Waals surface area contributed by atoms with Gasteiger partial charge in [0.1, 0.15) is 6.10 Å². The molecular formula is C13H12F7O. The third-order valence-corrected chi connectivity index (χ3v) is 2.93. The van der Waals surface area contributed by atoms with Gasteiger partial charge >= 0.3 is 18.0 Å². The van der Waals surface area contributed by atoms with Gasteiger partial charge in [0.05, 0.1) is 0 Å². The summed E-state index contributed by atoms with van der Waals surface area (Å²) in [5.41, 5.74) is -1.80. The summed E-state index contributed by atoms with van der Waals surface area (Å²) in [4.78, 5) is 0. The molecule has 1 aromatic rings. The minimum atomic E-state index is -6.40. The van der Waals surface area contributed by atoms with Gasteiger partial charge in [-0.05, 0) is 17.5 Å². The van der Waals surface area contributed by atoms with Gasteiger partial charge < -0.3 is 0 Å². The first-order valence-corrected chi connectivity index (χ1v) is 5.91. The maximum absolute atomic E-state index is 13.5. The molecule has 0 aromatic heterocycles. The van der Waals surface area contributed by atoms with Crippen LogP contribution in [-0.2, 0) is 11.0 Å². The molecule has 1 unspecified atom stereocenters. The zero-order chi connectivity index (χ0) is 16.6. The van der Waals surface area contributed by atoms with E-state index in [0.29, 0.717) is 12.1 Å². The zero-order valence-corrected chi connectivity index (χ0v) is 11.0. The molecule has 0 amide bonds. The zero-order valence-electron chi connectivity index (χ0n) is 11.0. The van der Waals surface area contributed by atoms with E-state index in [4.69, 9.17) is 0 Å². The van der Waals surface area contributed by atoms with Crippen LogP contribution in [0.5, 0.6) is 0 Å². The van der Waals surface area contributed by atoms with Crippen molar-refractivity contribution in [1.29, 1.82) is 0 Å². The molecule has 0 aliphatic rings. The van der Waals surface area contributed by atoms with Crippen LogP contribution in [0, 0.1) is 5.92 Å². The highest BCUT2D eigenvalue weighted by Gasteiger charge is 2.73. The summed E-state index contributed by atoms with van der Waals surface area (Å²) in [7, 11) is 0. The molecular weight excluding hydrogens is 305 g/mol. The van der Waals surface area contributed by atoms with Gasteiger partial charge in [-0.2, -0.15) is 30.7 Å². The number of rotatable bonds is 4. The molecule has 1 nitrogen and oxygen atoms in total. The summed E-state index contributed by atoms with van der Waals surface area (Å²) in [6.07, 6.45) is -7.90. The van der Waals surface area contributed by atoms with E-state index in [2.05, 4.69) is 0 Å². The Labute approximate surface area is 116 Å². The smallest absolute Gasteiger partial charge is 0.228 e. The second-order valence-corrected chi connectivity index (χ2v) is 4.94. The van der Waals surface area contributed by atoms with Crippen LogP contribution in [0.25, 0.3) is 0 Å². The van der Waals surface area contributed by atoms with E-state index in [1.807, 2.05) is 0 Å². The molecule has 21 heavy (non-hydrogen) atoms. The maximum atomic E-state index is 13.5. The lowest BCUT2D eigenvalue weighted by molar-refractivity contribution is -0.359. The Morgan fingerprint density at radius 3 is 1.90 bits per heavy atom. The molecule has 0 spiro atoms. The molecule has 119 valence electrons. The van der Waals surface area contributed by atoms with E-state index >= 15 is 0 Å². The van der Waals surface area contributed by atoms with Crippen LogP contribution >= 0.6 is 0 Å². The third kappa shape index (κ3) is 3.14. The highest BCUT2D eigenvalue weighted by atomic mass is 19.4. The van der Waals surface area contributed by atoms with Gasteiger partial charge in [-0.25, -0.2) is 5.11 Å². The minimum absolute atomic E-state index is 0.264. The van der Waals surface area contributed by atoms with Gasteiger partial charge in [0.25, 0.3) is 0 Å². The van der Waals surface area contributed by atoms with Crippen LogP contribution in [0.1, 0.15) is 31.1 Å². The summed E-state index contributed by atoms with van der Waals surface area (Å²) in [5, 5.41) is 11.7. The molecule has 1 radical (unpaired) electrons. The highest BCUT2D eigenvalue weighted by molar-refractivity contribution is 5.30. The number of benzene rings is 1. The first kappa shape index (κ1) is 17.7. The predicted molar refractivity (Wildman–Crippen MR) is 59.6 cm³/mol. The molecule has 1 atom stereocenters. The second kappa shape index (κ2) is 5.47. The van der Waals surface area contributed by atoms with Crippen molar-refractivity contribution in [1.82, 2.24) is 0 Å². The summed E-state index contributed by atoms with van der Waals surface area (Å²) < 4.78 is 89.2. The molecule has 1 aromatic carbocycles. The Morgan fingerprint density at radius 2 is 1.48 bits per heavy atom. The standard InChI is InChI=1S/C13H12F7O/c1-7(2)10(21)8-4-3-5-9(6-8)11(14,15)12(16,17)13(18,19)20/h3-7,10H,1-2H3. The summed E-state index contributed by atoms with van der Waals surface area (Å²) in [5.74, 6) is -12.2. The van der Waals surface area contributed by atoms with Crippen molar-refractivity contribution >= 4 is 0 Å². The Kier molecular flexibility index (Phi) is 4.62. The van der Waals surface area contributed by atoms with Gasteiger partial charge in [-0.15, -0.1) is 0 Å². The van der Waals surface area contributed by atoms with Gasteiger partial charge in [-0.3, -0.25) is 0 Å². The Morgan fingerprint density at radius 1 is 0.952 bits per heavy atom. The summed E-state index contributed by atoms with van der Waals surface area (Å²) in [6.45, 7) is 2.96. The normalized spacial score (nSPS) is 15.4. The Balaban J connectivity index is 3.30. The fourth-order valence-electron chi connectivity index (χ4n) is 1.66. The maximum Gasteiger partial charge on any atom is 0.460 e. The van der Waals surface area contributed by atoms with Gasteiger partial charge in [-0.1, -0.05) is 32.0 Å². The lowest BCUT2D eigenvalue weighted by Gasteiger charge is -2.28. The average molecular weight is 317 g/mol. The summed E-state index contributed by atoms with van der Waals surface area (Å²) in [6, 6.07) is 2.81. The van der Waals surface area contributed by atoms with Gasteiger partial charge in [0, 0.05) is 5.56 Å². The van der Waals surface area contributed by atoms with Crippen molar-refractivity contribution in [3.05, 3.63) is 35.4 Å². The molecule has 0 N–H and O–H groups in total. The van der Waals surface area contributed by atoms with E-state index in [0.717, 1.165) is 12.1 Å². The number of halogens is 7. The van der Waals surface area contributed by atoms with Crippen LogP contribution in [0.2, 0.25) is 0 Å².